The Balaban J connectivity index is 1.93. The molecule has 1 aliphatic carbocycles. The maximum absolute atomic E-state index is 12.3. The maximum Gasteiger partial charge on any atom is 0.321 e. The van der Waals surface area contributed by atoms with Gasteiger partial charge in [-0.1, -0.05) is 31.4 Å². The number of hydrogen-bond donors (Lipinski definition) is 3. The second-order valence-corrected chi connectivity index (χ2v) is 6.42. The lowest BCUT2D eigenvalue weighted by atomic mass is 9.82. The highest BCUT2D eigenvalue weighted by Gasteiger charge is 2.34. The molecule has 0 spiro atoms. The van der Waals surface area contributed by atoms with Crippen molar-refractivity contribution in [1.29, 1.82) is 0 Å². The van der Waals surface area contributed by atoms with E-state index in [1.165, 1.54) is 4.90 Å². The molecule has 0 atom stereocenters. The number of urea groups is 1. The highest BCUT2D eigenvalue weighted by molar-refractivity contribution is 5.89. The van der Waals surface area contributed by atoms with Gasteiger partial charge in [0.15, 0.2) is 0 Å². The molecule has 0 saturated heterocycles. The van der Waals surface area contributed by atoms with Gasteiger partial charge < -0.3 is 21.3 Å². The smallest absolute Gasteiger partial charge is 0.321 e. The van der Waals surface area contributed by atoms with Crippen LogP contribution in [0, 0.1) is 0 Å². The van der Waals surface area contributed by atoms with Gasteiger partial charge in [0, 0.05) is 26.3 Å². The molecule has 0 unspecified atom stereocenters. The quantitative estimate of drug-likeness (QED) is 0.794. The number of amides is 3. The molecule has 1 aliphatic rings. The summed E-state index contributed by atoms with van der Waals surface area (Å²) in [6, 6.07) is 7.25. The summed E-state index contributed by atoms with van der Waals surface area (Å²) < 4.78 is 0. The van der Waals surface area contributed by atoms with Gasteiger partial charge in [-0.2, -0.15) is 0 Å². The molecule has 1 aromatic carbocycles. The molecule has 0 heterocycles. The molecular weight excluding hydrogens is 292 g/mol. The summed E-state index contributed by atoms with van der Waals surface area (Å²) in [7, 11) is 3.37. The Bertz CT molecular complexity index is 565. The minimum atomic E-state index is -0.727. The van der Waals surface area contributed by atoms with Crippen LogP contribution in [0.3, 0.4) is 0 Å². The molecule has 0 bridgehead atoms. The summed E-state index contributed by atoms with van der Waals surface area (Å²) in [6.45, 7) is 0.406. The van der Waals surface area contributed by atoms with Gasteiger partial charge in [0.05, 0.1) is 5.54 Å². The van der Waals surface area contributed by atoms with Crippen molar-refractivity contribution in [3.05, 3.63) is 29.8 Å². The van der Waals surface area contributed by atoms with Gasteiger partial charge in [-0.25, -0.2) is 4.79 Å². The Morgan fingerprint density at radius 3 is 2.57 bits per heavy atom. The van der Waals surface area contributed by atoms with Gasteiger partial charge in [-0.3, -0.25) is 4.79 Å². The first-order valence-corrected chi connectivity index (χ1v) is 8.05. The van der Waals surface area contributed by atoms with E-state index in [1.54, 1.807) is 14.1 Å². The number of hydrogen-bond acceptors (Lipinski definition) is 3. The van der Waals surface area contributed by atoms with E-state index in [0.717, 1.165) is 37.7 Å². The Hall–Kier alpha value is -2.08. The van der Waals surface area contributed by atoms with Crippen molar-refractivity contribution in [1.82, 2.24) is 10.2 Å². The highest BCUT2D eigenvalue weighted by Crippen LogP contribution is 2.26. The first-order chi connectivity index (χ1) is 10.9. The molecule has 126 valence electrons. The van der Waals surface area contributed by atoms with Crippen LogP contribution in [-0.4, -0.2) is 36.5 Å². The summed E-state index contributed by atoms with van der Waals surface area (Å²) in [5.41, 5.74) is 7.12. The molecule has 4 N–H and O–H groups in total. The molecule has 23 heavy (non-hydrogen) atoms. The fourth-order valence-corrected chi connectivity index (χ4v) is 2.76. The van der Waals surface area contributed by atoms with Crippen LogP contribution < -0.4 is 16.4 Å². The Labute approximate surface area is 137 Å². The zero-order chi connectivity index (χ0) is 16.9. The molecule has 0 radical (unpaired) electrons. The van der Waals surface area contributed by atoms with Gasteiger partial charge in [0.2, 0.25) is 5.91 Å². The molecule has 3 amide bonds. The van der Waals surface area contributed by atoms with Gasteiger partial charge in [-0.15, -0.1) is 0 Å². The van der Waals surface area contributed by atoms with Gasteiger partial charge in [-0.05, 0) is 30.5 Å². The number of carbonyl (C=O) groups excluding carboxylic acids is 2. The van der Waals surface area contributed by atoms with Crippen LogP contribution in [0.2, 0.25) is 0 Å². The lowest BCUT2D eigenvalue weighted by molar-refractivity contribution is -0.127. The highest BCUT2D eigenvalue weighted by atomic mass is 16.2. The second kappa shape index (κ2) is 7.46. The molecule has 2 rings (SSSR count). The van der Waals surface area contributed by atoms with E-state index in [-0.39, 0.29) is 11.9 Å². The van der Waals surface area contributed by atoms with E-state index >= 15 is 0 Å². The molecule has 1 aromatic rings. The number of rotatable bonds is 4. The van der Waals surface area contributed by atoms with Crippen LogP contribution in [0.25, 0.3) is 0 Å². The van der Waals surface area contributed by atoms with Crippen molar-refractivity contribution < 1.29 is 9.59 Å². The van der Waals surface area contributed by atoms with E-state index in [0.29, 0.717) is 12.2 Å². The van der Waals surface area contributed by atoms with Crippen molar-refractivity contribution in [3.8, 4) is 0 Å². The fraction of sp³-hybridized carbons (Fsp3) is 0.529. The third-order valence-corrected chi connectivity index (χ3v) is 4.24. The van der Waals surface area contributed by atoms with Crippen molar-refractivity contribution in [2.45, 2.75) is 44.2 Å². The Morgan fingerprint density at radius 1 is 1.22 bits per heavy atom. The summed E-state index contributed by atoms with van der Waals surface area (Å²) >= 11 is 0. The topological polar surface area (TPSA) is 87.5 Å². The van der Waals surface area contributed by atoms with Crippen LogP contribution in [-0.2, 0) is 11.3 Å². The zero-order valence-electron chi connectivity index (χ0n) is 13.9. The predicted octanol–water partition coefficient (Wildman–Crippen LogP) is 2.06. The van der Waals surface area contributed by atoms with Gasteiger partial charge in [0.25, 0.3) is 0 Å². The number of carbonyl (C=O) groups is 2. The monoisotopic (exact) mass is 318 g/mol. The van der Waals surface area contributed by atoms with Gasteiger partial charge >= 0.3 is 6.03 Å². The summed E-state index contributed by atoms with van der Waals surface area (Å²) in [5.74, 6) is -0.0834. The largest absolute Gasteiger partial charge is 0.350 e. The number of nitrogens with one attached hydrogen (secondary N) is 2. The number of benzene rings is 1. The minimum Gasteiger partial charge on any atom is -0.350 e. The Kier molecular flexibility index (Phi) is 5.60. The van der Waals surface area contributed by atoms with E-state index in [4.69, 9.17) is 5.73 Å². The van der Waals surface area contributed by atoms with E-state index in [9.17, 15) is 9.59 Å². The molecular formula is C17H26N4O2. The minimum absolute atomic E-state index is 0.0834. The number of nitrogens with zero attached hydrogens (tertiary/aromatic N) is 1. The normalized spacial score (nSPS) is 16.5. The average Bonchev–Trinajstić information content (AvgIpc) is 2.53. The third-order valence-electron chi connectivity index (χ3n) is 4.24. The van der Waals surface area contributed by atoms with Crippen molar-refractivity contribution in [2.24, 2.45) is 5.73 Å². The first-order valence-electron chi connectivity index (χ1n) is 8.05. The van der Waals surface area contributed by atoms with Crippen LogP contribution in [0.1, 0.15) is 37.7 Å². The fourth-order valence-electron chi connectivity index (χ4n) is 2.76. The second-order valence-electron chi connectivity index (χ2n) is 6.42. The molecule has 1 fully saturated rings. The van der Waals surface area contributed by atoms with Crippen molar-refractivity contribution in [2.75, 3.05) is 19.4 Å². The molecule has 0 aromatic heterocycles. The predicted molar refractivity (Wildman–Crippen MR) is 91.0 cm³/mol. The van der Waals surface area contributed by atoms with E-state index in [1.807, 2.05) is 24.3 Å². The number of nitrogens with two attached hydrogens (primary N) is 1. The lowest BCUT2D eigenvalue weighted by Gasteiger charge is -2.31. The summed E-state index contributed by atoms with van der Waals surface area (Å²) in [5, 5.41) is 5.72. The van der Waals surface area contributed by atoms with Crippen LogP contribution in [0.4, 0.5) is 10.5 Å². The summed E-state index contributed by atoms with van der Waals surface area (Å²) in [4.78, 5) is 25.5. The number of anilines is 1. The first kappa shape index (κ1) is 17.3. The van der Waals surface area contributed by atoms with E-state index in [2.05, 4.69) is 10.6 Å². The average molecular weight is 318 g/mol. The van der Waals surface area contributed by atoms with Crippen molar-refractivity contribution in [3.63, 3.8) is 0 Å². The standard InChI is InChI=1S/C17H26N4O2/c1-21(2)16(23)20-14-8-6-7-13(11-14)12-19-15(22)17(18)9-4-3-5-10-17/h6-8,11H,3-5,9-10,12,18H2,1-2H3,(H,19,22)(H,20,23). The van der Waals surface area contributed by atoms with Crippen LogP contribution >= 0.6 is 0 Å². The zero-order valence-corrected chi connectivity index (χ0v) is 13.9. The summed E-state index contributed by atoms with van der Waals surface area (Å²) in [6.07, 6.45) is 4.67. The van der Waals surface area contributed by atoms with E-state index < -0.39 is 5.54 Å². The third kappa shape index (κ3) is 4.69. The van der Waals surface area contributed by atoms with Gasteiger partial charge in [0.1, 0.15) is 0 Å². The molecule has 6 nitrogen and oxygen atoms in total. The van der Waals surface area contributed by atoms with Crippen LogP contribution in [0.5, 0.6) is 0 Å². The molecule has 6 heteroatoms. The molecule has 1 saturated carbocycles. The maximum atomic E-state index is 12.3. The van der Waals surface area contributed by atoms with Crippen molar-refractivity contribution >= 4 is 17.6 Å². The molecule has 0 aliphatic heterocycles. The van der Waals surface area contributed by atoms with Crippen LogP contribution in [0.15, 0.2) is 24.3 Å². The SMILES string of the molecule is CN(C)C(=O)Nc1cccc(CNC(=O)C2(N)CCCCC2)c1. The Morgan fingerprint density at radius 2 is 1.91 bits per heavy atom. The lowest BCUT2D eigenvalue weighted by Crippen LogP contribution is -2.54.